The molecule has 0 saturated heterocycles. The lowest BCUT2D eigenvalue weighted by molar-refractivity contribution is -0.147. The highest BCUT2D eigenvalue weighted by Crippen LogP contribution is 2.21. The molecular formula is C17H20ClN3O3. The number of aromatic nitrogens is 2. The fourth-order valence-corrected chi connectivity index (χ4v) is 2.35. The molecule has 7 heteroatoms. The first-order chi connectivity index (χ1) is 11.2. The van der Waals surface area contributed by atoms with E-state index in [9.17, 15) is 9.59 Å². The summed E-state index contributed by atoms with van der Waals surface area (Å²) in [6.07, 6.45) is 2.07. The maximum Gasteiger partial charge on any atom is 0.309 e. The number of para-hydroxylation sites is 1. The lowest BCUT2D eigenvalue weighted by Crippen LogP contribution is -2.32. The molecule has 0 saturated carbocycles. The molecule has 1 aromatic heterocycles. The summed E-state index contributed by atoms with van der Waals surface area (Å²) in [5.41, 5.74) is 0.806. The van der Waals surface area contributed by atoms with Gasteiger partial charge in [-0.3, -0.25) is 9.59 Å². The van der Waals surface area contributed by atoms with Crippen molar-refractivity contribution in [1.29, 1.82) is 0 Å². The Labute approximate surface area is 145 Å². The van der Waals surface area contributed by atoms with Gasteiger partial charge in [-0.2, -0.15) is 5.10 Å². The minimum atomic E-state index is -0.893. The normalized spacial score (nSPS) is 11.3. The SMILES string of the molecule is Cc1cn(-c2ccccc2Cl)nc1C(=O)NCCC(C)(C)C(=O)O. The number of hydrogen-bond donors (Lipinski definition) is 2. The number of hydrogen-bond acceptors (Lipinski definition) is 3. The van der Waals surface area contributed by atoms with Crippen LogP contribution < -0.4 is 5.32 Å². The maximum absolute atomic E-state index is 12.3. The smallest absolute Gasteiger partial charge is 0.309 e. The Morgan fingerprint density at radius 2 is 2.00 bits per heavy atom. The van der Waals surface area contributed by atoms with Crippen molar-refractivity contribution in [3.63, 3.8) is 0 Å². The molecule has 0 atom stereocenters. The summed E-state index contributed by atoms with van der Waals surface area (Å²) >= 11 is 6.15. The number of carboxylic acids is 1. The van der Waals surface area contributed by atoms with Gasteiger partial charge in [0.25, 0.3) is 5.91 Å². The Hall–Kier alpha value is -2.34. The van der Waals surface area contributed by atoms with E-state index in [0.717, 1.165) is 0 Å². The van der Waals surface area contributed by atoms with Gasteiger partial charge in [-0.15, -0.1) is 0 Å². The maximum atomic E-state index is 12.3. The molecule has 2 rings (SSSR count). The monoisotopic (exact) mass is 349 g/mol. The predicted octanol–water partition coefficient (Wildman–Crippen LogP) is 3.06. The third-order valence-electron chi connectivity index (χ3n) is 3.83. The van der Waals surface area contributed by atoms with Crippen LogP contribution in [0, 0.1) is 12.3 Å². The number of rotatable bonds is 6. The molecule has 2 aromatic rings. The van der Waals surface area contributed by atoms with Gasteiger partial charge in [0.15, 0.2) is 5.69 Å². The Bertz CT molecular complexity index is 768. The summed E-state index contributed by atoms with van der Waals surface area (Å²) in [4.78, 5) is 23.4. The second kappa shape index (κ2) is 7.05. The number of carboxylic acid groups (broad SMARTS) is 1. The number of nitrogens with zero attached hydrogens (tertiary/aromatic N) is 2. The van der Waals surface area contributed by atoms with E-state index in [1.54, 1.807) is 37.7 Å². The predicted molar refractivity (Wildman–Crippen MR) is 91.7 cm³/mol. The zero-order chi connectivity index (χ0) is 17.9. The van der Waals surface area contributed by atoms with Gasteiger partial charge in [-0.25, -0.2) is 4.68 Å². The molecule has 6 nitrogen and oxygen atoms in total. The number of carbonyl (C=O) groups excluding carboxylic acids is 1. The third kappa shape index (κ3) is 3.94. The first kappa shape index (κ1) is 18.0. The molecule has 1 amide bonds. The van der Waals surface area contributed by atoms with E-state index < -0.39 is 11.4 Å². The topological polar surface area (TPSA) is 84.2 Å². The fourth-order valence-electron chi connectivity index (χ4n) is 2.12. The molecule has 2 N–H and O–H groups in total. The summed E-state index contributed by atoms with van der Waals surface area (Å²) in [6.45, 7) is 5.30. The molecular weight excluding hydrogens is 330 g/mol. The van der Waals surface area contributed by atoms with Gasteiger partial charge in [0.05, 0.1) is 16.1 Å². The van der Waals surface area contributed by atoms with Crippen molar-refractivity contribution in [2.24, 2.45) is 5.41 Å². The van der Waals surface area contributed by atoms with Crippen LogP contribution in [0.5, 0.6) is 0 Å². The number of benzene rings is 1. The number of aryl methyl sites for hydroxylation is 1. The van der Waals surface area contributed by atoms with Crippen LogP contribution in [0.25, 0.3) is 5.69 Å². The van der Waals surface area contributed by atoms with Crippen LogP contribution in [-0.2, 0) is 4.79 Å². The van der Waals surface area contributed by atoms with Crippen LogP contribution in [0.3, 0.4) is 0 Å². The Kier molecular flexibility index (Phi) is 5.29. The van der Waals surface area contributed by atoms with Crippen LogP contribution in [-0.4, -0.2) is 33.3 Å². The fraction of sp³-hybridized carbons (Fsp3) is 0.353. The van der Waals surface area contributed by atoms with E-state index in [4.69, 9.17) is 16.7 Å². The quantitative estimate of drug-likeness (QED) is 0.839. The zero-order valence-electron chi connectivity index (χ0n) is 13.8. The van der Waals surface area contributed by atoms with Gasteiger partial charge in [0, 0.05) is 18.3 Å². The van der Waals surface area contributed by atoms with Crippen molar-refractivity contribution in [2.45, 2.75) is 27.2 Å². The van der Waals surface area contributed by atoms with E-state index >= 15 is 0 Å². The van der Waals surface area contributed by atoms with E-state index in [-0.39, 0.29) is 12.5 Å². The zero-order valence-corrected chi connectivity index (χ0v) is 14.6. The van der Waals surface area contributed by atoms with E-state index in [2.05, 4.69) is 10.4 Å². The molecule has 0 fully saturated rings. The molecule has 0 unspecified atom stereocenters. The van der Waals surface area contributed by atoms with Crippen LogP contribution in [0.2, 0.25) is 5.02 Å². The first-order valence-corrected chi connectivity index (χ1v) is 7.93. The van der Waals surface area contributed by atoms with Crippen LogP contribution in [0.15, 0.2) is 30.5 Å². The van der Waals surface area contributed by atoms with Crippen LogP contribution >= 0.6 is 11.6 Å². The molecule has 0 aliphatic rings. The van der Waals surface area contributed by atoms with Gasteiger partial charge in [-0.1, -0.05) is 23.7 Å². The minimum absolute atomic E-state index is 0.260. The summed E-state index contributed by atoms with van der Waals surface area (Å²) in [7, 11) is 0. The third-order valence-corrected chi connectivity index (χ3v) is 4.15. The lowest BCUT2D eigenvalue weighted by Gasteiger charge is -2.18. The highest BCUT2D eigenvalue weighted by molar-refractivity contribution is 6.32. The highest BCUT2D eigenvalue weighted by Gasteiger charge is 2.27. The summed E-state index contributed by atoms with van der Waals surface area (Å²) in [5.74, 6) is -1.23. The highest BCUT2D eigenvalue weighted by atomic mass is 35.5. The molecule has 0 aliphatic heterocycles. The number of amides is 1. The van der Waals surface area contributed by atoms with Crippen molar-refractivity contribution in [2.75, 3.05) is 6.54 Å². The van der Waals surface area contributed by atoms with Gasteiger partial charge in [0.1, 0.15) is 0 Å². The van der Waals surface area contributed by atoms with Crippen LogP contribution in [0.1, 0.15) is 36.3 Å². The Morgan fingerprint density at radius 1 is 1.33 bits per heavy atom. The molecule has 1 heterocycles. The van der Waals surface area contributed by atoms with Crippen molar-refractivity contribution >= 4 is 23.5 Å². The van der Waals surface area contributed by atoms with Gasteiger partial charge in [0.2, 0.25) is 0 Å². The Morgan fingerprint density at radius 3 is 2.62 bits per heavy atom. The van der Waals surface area contributed by atoms with Crippen LogP contribution in [0.4, 0.5) is 0 Å². The number of halogens is 1. The van der Waals surface area contributed by atoms with Crippen molar-refractivity contribution < 1.29 is 14.7 Å². The summed E-state index contributed by atoms with van der Waals surface area (Å²) in [5, 5.41) is 16.6. The second-order valence-electron chi connectivity index (χ2n) is 6.25. The van der Waals surface area contributed by atoms with Gasteiger partial charge in [-0.05, 0) is 39.3 Å². The summed E-state index contributed by atoms with van der Waals surface area (Å²) in [6, 6.07) is 7.22. The molecule has 0 radical (unpaired) electrons. The lowest BCUT2D eigenvalue weighted by atomic mass is 9.90. The minimum Gasteiger partial charge on any atom is -0.481 e. The van der Waals surface area contributed by atoms with Crippen molar-refractivity contribution in [3.05, 3.63) is 46.7 Å². The summed E-state index contributed by atoms with van der Waals surface area (Å²) < 4.78 is 1.56. The number of aliphatic carboxylic acids is 1. The molecule has 0 aliphatic carbocycles. The van der Waals surface area contributed by atoms with E-state index in [1.807, 2.05) is 18.2 Å². The van der Waals surface area contributed by atoms with Crippen molar-refractivity contribution in [3.8, 4) is 5.69 Å². The molecule has 0 spiro atoms. The standard InChI is InChI=1S/C17H20ClN3O3/c1-11-10-21(13-7-5-4-6-12(13)18)20-14(11)15(22)19-9-8-17(2,3)16(23)24/h4-7,10H,8-9H2,1-3H3,(H,19,22)(H,23,24). The average Bonchev–Trinajstić information content (AvgIpc) is 2.89. The first-order valence-electron chi connectivity index (χ1n) is 7.55. The van der Waals surface area contributed by atoms with E-state index in [1.165, 1.54) is 0 Å². The largest absolute Gasteiger partial charge is 0.481 e. The van der Waals surface area contributed by atoms with Gasteiger partial charge >= 0.3 is 5.97 Å². The Balaban J connectivity index is 2.09. The molecule has 1 aromatic carbocycles. The molecule has 128 valence electrons. The van der Waals surface area contributed by atoms with Crippen molar-refractivity contribution in [1.82, 2.24) is 15.1 Å². The number of carbonyl (C=O) groups is 2. The molecule has 24 heavy (non-hydrogen) atoms. The number of nitrogens with one attached hydrogen (secondary N) is 1. The average molecular weight is 350 g/mol. The van der Waals surface area contributed by atoms with E-state index in [0.29, 0.717) is 28.4 Å². The van der Waals surface area contributed by atoms with Gasteiger partial charge < -0.3 is 10.4 Å². The second-order valence-corrected chi connectivity index (χ2v) is 6.66. The molecule has 0 bridgehead atoms.